The number of carbonyl (C=O) groups is 1. The Labute approximate surface area is 86.7 Å². The molecule has 1 aromatic heterocycles. The van der Waals surface area contributed by atoms with Crippen LogP contribution in [0.15, 0.2) is 12.3 Å². The lowest BCUT2D eigenvalue weighted by atomic mass is 10.1. The first-order valence-electron chi connectivity index (χ1n) is 4.10. The van der Waals surface area contributed by atoms with E-state index in [1.165, 1.54) is 6.20 Å². The van der Waals surface area contributed by atoms with Gasteiger partial charge in [-0.3, -0.25) is 4.79 Å². The fourth-order valence-electron chi connectivity index (χ4n) is 1.07. The van der Waals surface area contributed by atoms with E-state index >= 15 is 0 Å². The van der Waals surface area contributed by atoms with Crippen LogP contribution in [-0.2, 0) is 11.2 Å². The van der Waals surface area contributed by atoms with Crippen LogP contribution in [-0.4, -0.2) is 22.1 Å². The van der Waals surface area contributed by atoms with E-state index in [0.717, 1.165) is 11.1 Å². The zero-order chi connectivity index (χ0) is 10.7. The van der Waals surface area contributed by atoms with Crippen LogP contribution in [0.1, 0.15) is 11.1 Å². The van der Waals surface area contributed by atoms with Crippen LogP contribution in [0.25, 0.3) is 0 Å². The number of aromatic nitrogens is 1. The molecule has 0 saturated carbocycles. The Morgan fingerprint density at radius 1 is 1.79 bits per heavy atom. The summed E-state index contributed by atoms with van der Waals surface area (Å²) in [7, 11) is 0. The van der Waals surface area contributed by atoms with Crippen molar-refractivity contribution in [2.45, 2.75) is 19.4 Å². The fraction of sp³-hybridized carbons (Fsp3) is 0.333. The number of pyridine rings is 1. The van der Waals surface area contributed by atoms with E-state index in [0.29, 0.717) is 5.15 Å². The van der Waals surface area contributed by atoms with Crippen molar-refractivity contribution in [3.05, 3.63) is 28.5 Å². The normalized spacial score (nSPS) is 12.5. The minimum absolute atomic E-state index is 0.264. The molecule has 1 rings (SSSR count). The summed E-state index contributed by atoms with van der Waals surface area (Å²) in [5.41, 5.74) is 6.98. The molecule has 0 aliphatic rings. The average Bonchev–Trinajstić information content (AvgIpc) is 2.11. The Morgan fingerprint density at radius 3 is 2.93 bits per heavy atom. The molecule has 14 heavy (non-hydrogen) atoms. The van der Waals surface area contributed by atoms with Gasteiger partial charge in [0.15, 0.2) is 0 Å². The number of rotatable bonds is 3. The van der Waals surface area contributed by atoms with Crippen LogP contribution in [0.3, 0.4) is 0 Å². The lowest BCUT2D eigenvalue weighted by molar-refractivity contribution is -0.138. The molecule has 0 aliphatic heterocycles. The molecule has 0 spiro atoms. The summed E-state index contributed by atoms with van der Waals surface area (Å²) in [6, 6.07) is 0.898. The number of carboxylic acids is 1. The highest BCUT2D eigenvalue weighted by molar-refractivity contribution is 6.30. The predicted octanol–water partition coefficient (Wildman–Crippen LogP) is 0.998. The summed E-state index contributed by atoms with van der Waals surface area (Å²) in [5.74, 6) is -1.02. The first kappa shape index (κ1) is 10.9. The van der Waals surface area contributed by atoms with Gasteiger partial charge in [0.2, 0.25) is 0 Å². The molecule has 0 bridgehead atoms. The molecule has 0 fully saturated rings. The van der Waals surface area contributed by atoms with Gasteiger partial charge < -0.3 is 10.8 Å². The summed E-state index contributed by atoms with van der Waals surface area (Å²) in [6.07, 6.45) is 1.80. The van der Waals surface area contributed by atoms with Crippen molar-refractivity contribution < 1.29 is 9.90 Å². The van der Waals surface area contributed by atoms with Crippen molar-refractivity contribution in [3.63, 3.8) is 0 Å². The minimum Gasteiger partial charge on any atom is -0.480 e. The number of nitrogens with zero attached hydrogens (tertiary/aromatic N) is 1. The second kappa shape index (κ2) is 4.39. The third-order valence-electron chi connectivity index (χ3n) is 1.84. The summed E-state index contributed by atoms with van der Waals surface area (Å²) >= 11 is 5.72. The van der Waals surface area contributed by atoms with Crippen LogP contribution < -0.4 is 5.73 Å². The van der Waals surface area contributed by atoms with Crippen molar-refractivity contribution in [3.8, 4) is 0 Å². The molecule has 5 heteroatoms. The SMILES string of the molecule is Cc1cc(C[C@H](N)C(=O)O)cnc1Cl. The van der Waals surface area contributed by atoms with E-state index in [1.54, 1.807) is 6.07 Å². The predicted molar refractivity (Wildman–Crippen MR) is 53.3 cm³/mol. The number of halogens is 1. The summed E-state index contributed by atoms with van der Waals surface area (Å²) in [6.45, 7) is 1.81. The lowest BCUT2D eigenvalue weighted by Crippen LogP contribution is -2.32. The Morgan fingerprint density at radius 2 is 2.43 bits per heavy atom. The summed E-state index contributed by atoms with van der Waals surface area (Å²) < 4.78 is 0. The molecule has 0 aromatic carbocycles. The van der Waals surface area contributed by atoms with Gasteiger partial charge in [0, 0.05) is 6.20 Å². The molecule has 3 N–H and O–H groups in total. The summed E-state index contributed by atoms with van der Waals surface area (Å²) in [5, 5.41) is 9.02. The Balaban J connectivity index is 2.78. The quantitative estimate of drug-likeness (QED) is 0.736. The highest BCUT2D eigenvalue weighted by Gasteiger charge is 2.12. The summed E-state index contributed by atoms with van der Waals surface area (Å²) in [4.78, 5) is 14.4. The maximum Gasteiger partial charge on any atom is 0.320 e. The number of carboxylic acid groups (broad SMARTS) is 1. The molecular weight excluding hydrogens is 204 g/mol. The fourth-order valence-corrected chi connectivity index (χ4v) is 1.17. The molecule has 1 aromatic rings. The van der Waals surface area contributed by atoms with Gasteiger partial charge in [-0.15, -0.1) is 0 Å². The van der Waals surface area contributed by atoms with Crippen molar-refractivity contribution in [2.24, 2.45) is 5.73 Å². The van der Waals surface area contributed by atoms with E-state index in [9.17, 15) is 4.79 Å². The van der Waals surface area contributed by atoms with Gasteiger partial charge in [0.25, 0.3) is 0 Å². The van der Waals surface area contributed by atoms with Crippen molar-refractivity contribution in [1.29, 1.82) is 0 Å². The number of aliphatic carboxylic acids is 1. The third kappa shape index (κ3) is 2.68. The molecule has 0 saturated heterocycles. The second-order valence-corrected chi connectivity index (χ2v) is 3.46. The molecule has 1 heterocycles. The molecule has 4 nitrogen and oxygen atoms in total. The number of hydrogen-bond donors (Lipinski definition) is 2. The largest absolute Gasteiger partial charge is 0.480 e. The van der Waals surface area contributed by atoms with E-state index in [-0.39, 0.29) is 6.42 Å². The second-order valence-electron chi connectivity index (χ2n) is 3.10. The van der Waals surface area contributed by atoms with E-state index in [2.05, 4.69) is 4.98 Å². The van der Waals surface area contributed by atoms with E-state index in [1.807, 2.05) is 6.92 Å². The Hall–Kier alpha value is -1.13. The minimum atomic E-state index is -1.02. The van der Waals surface area contributed by atoms with Crippen molar-refractivity contribution in [1.82, 2.24) is 4.98 Å². The van der Waals surface area contributed by atoms with Gasteiger partial charge in [-0.1, -0.05) is 17.7 Å². The lowest BCUT2D eigenvalue weighted by Gasteiger charge is -2.06. The smallest absolute Gasteiger partial charge is 0.320 e. The van der Waals surface area contributed by atoms with Crippen LogP contribution in [0.4, 0.5) is 0 Å². The maximum atomic E-state index is 10.5. The molecule has 0 radical (unpaired) electrons. The average molecular weight is 215 g/mol. The zero-order valence-corrected chi connectivity index (χ0v) is 8.45. The van der Waals surface area contributed by atoms with Crippen LogP contribution in [0, 0.1) is 6.92 Å². The standard InChI is InChI=1S/C9H11ClN2O2/c1-5-2-6(4-12-8(5)10)3-7(11)9(13)14/h2,4,7H,3,11H2,1H3,(H,13,14)/t7-/m0/s1. The van der Waals surface area contributed by atoms with Crippen molar-refractivity contribution in [2.75, 3.05) is 0 Å². The van der Waals surface area contributed by atoms with Crippen LogP contribution in [0.5, 0.6) is 0 Å². The van der Waals surface area contributed by atoms with Crippen LogP contribution >= 0.6 is 11.6 Å². The van der Waals surface area contributed by atoms with Crippen LogP contribution in [0.2, 0.25) is 5.15 Å². The molecule has 0 aliphatic carbocycles. The van der Waals surface area contributed by atoms with Gasteiger partial charge in [-0.2, -0.15) is 0 Å². The van der Waals surface area contributed by atoms with Gasteiger partial charge in [-0.05, 0) is 24.5 Å². The number of aryl methyl sites for hydroxylation is 1. The van der Waals surface area contributed by atoms with E-state index < -0.39 is 12.0 Å². The first-order chi connectivity index (χ1) is 6.50. The highest BCUT2D eigenvalue weighted by Crippen LogP contribution is 2.13. The first-order valence-corrected chi connectivity index (χ1v) is 4.48. The Bertz CT molecular complexity index is 355. The molecule has 76 valence electrons. The van der Waals surface area contributed by atoms with Crippen molar-refractivity contribution >= 4 is 17.6 Å². The van der Waals surface area contributed by atoms with Gasteiger partial charge in [0.05, 0.1) is 0 Å². The monoisotopic (exact) mass is 214 g/mol. The Kier molecular flexibility index (Phi) is 3.43. The maximum absolute atomic E-state index is 10.5. The molecular formula is C9H11ClN2O2. The van der Waals surface area contributed by atoms with E-state index in [4.69, 9.17) is 22.4 Å². The van der Waals surface area contributed by atoms with Gasteiger partial charge in [0.1, 0.15) is 11.2 Å². The third-order valence-corrected chi connectivity index (χ3v) is 2.24. The topological polar surface area (TPSA) is 76.2 Å². The molecule has 0 unspecified atom stereocenters. The molecule has 1 atom stereocenters. The van der Waals surface area contributed by atoms with Gasteiger partial charge >= 0.3 is 5.97 Å². The molecule has 0 amide bonds. The van der Waals surface area contributed by atoms with Gasteiger partial charge in [-0.25, -0.2) is 4.98 Å². The number of hydrogen-bond acceptors (Lipinski definition) is 3. The number of nitrogens with two attached hydrogens (primary N) is 1. The highest BCUT2D eigenvalue weighted by atomic mass is 35.5. The zero-order valence-electron chi connectivity index (χ0n) is 7.70.